The molecule has 140 valence electrons. The van der Waals surface area contributed by atoms with E-state index in [9.17, 15) is 4.79 Å². The smallest absolute Gasteiger partial charge is 0.276 e. The van der Waals surface area contributed by atoms with E-state index < -0.39 is 0 Å². The Bertz CT molecular complexity index is 1050. The molecule has 1 amide bonds. The SMILES string of the molecule is N#Cc1ccnc(N2CCN(C(=O)c3cc(-c4cccc(Cl)c4)on3)CC2)c1. The highest BCUT2D eigenvalue weighted by Gasteiger charge is 2.25. The van der Waals surface area contributed by atoms with Crippen molar-refractivity contribution in [2.75, 3.05) is 31.1 Å². The molecule has 1 aliphatic rings. The maximum absolute atomic E-state index is 12.8. The number of rotatable bonds is 3. The van der Waals surface area contributed by atoms with Crippen LogP contribution in [-0.2, 0) is 0 Å². The molecule has 3 aromatic rings. The van der Waals surface area contributed by atoms with Crippen LogP contribution in [0.1, 0.15) is 16.1 Å². The number of aromatic nitrogens is 2. The van der Waals surface area contributed by atoms with Gasteiger partial charge in [-0.25, -0.2) is 4.98 Å². The Morgan fingerprint density at radius 1 is 1.14 bits per heavy atom. The van der Waals surface area contributed by atoms with Crippen LogP contribution in [0.2, 0.25) is 5.02 Å². The summed E-state index contributed by atoms with van der Waals surface area (Å²) in [5.41, 5.74) is 1.61. The third kappa shape index (κ3) is 3.68. The van der Waals surface area contributed by atoms with Gasteiger partial charge in [-0.1, -0.05) is 28.9 Å². The van der Waals surface area contributed by atoms with Gasteiger partial charge in [-0.3, -0.25) is 4.79 Å². The lowest BCUT2D eigenvalue weighted by Crippen LogP contribution is -2.49. The fraction of sp³-hybridized carbons (Fsp3) is 0.200. The van der Waals surface area contributed by atoms with Crippen molar-refractivity contribution in [2.24, 2.45) is 0 Å². The lowest BCUT2D eigenvalue weighted by Gasteiger charge is -2.35. The van der Waals surface area contributed by atoms with Crippen molar-refractivity contribution < 1.29 is 9.32 Å². The first-order valence-corrected chi connectivity index (χ1v) is 9.15. The van der Waals surface area contributed by atoms with Gasteiger partial charge in [0.05, 0.1) is 11.6 Å². The van der Waals surface area contributed by atoms with Gasteiger partial charge in [-0.15, -0.1) is 0 Å². The highest BCUT2D eigenvalue weighted by Crippen LogP contribution is 2.24. The summed E-state index contributed by atoms with van der Waals surface area (Å²) in [7, 11) is 0. The summed E-state index contributed by atoms with van der Waals surface area (Å²) in [6.45, 7) is 2.34. The molecule has 0 bridgehead atoms. The molecule has 1 aliphatic heterocycles. The minimum Gasteiger partial charge on any atom is -0.355 e. The Balaban J connectivity index is 1.42. The highest BCUT2D eigenvalue weighted by atomic mass is 35.5. The predicted molar refractivity (Wildman–Crippen MR) is 104 cm³/mol. The fourth-order valence-electron chi connectivity index (χ4n) is 3.12. The van der Waals surface area contributed by atoms with Crippen LogP contribution in [0.3, 0.4) is 0 Å². The van der Waals surface area contributed by atoms with Crippen LogP contribution < -0.4 is 4.90 Å². The van der Waals surface area contributed by atoms with Gasteiger partial charge in [0, 0.05) is 49.0 Å². The average Bonchev–Trinajstić information content (AvgIpc) is 3.24. The Kier molecular flexibility index (Phi) is 4.96. The summed E-state index contributed by atoms with van der Waals surface area (Å²) in [6, 6.07) is 14.4. The van der Waals surface area contributed by atoms with Crippen LogP contribution >= 0.6 is 11.6 Å². The third-order valence-corrected chi connectivity index (χ3v) is 4.84. The van der Waals surface area contributed by atoms with E-state index in [0.717, 1.165) is 11.4 Å². The molecule has 0 aliphatic carbocycles. The van der Waals surface area contributed by atoms with Gasteiger partial charge in [0.25, 0.3) is 5.91 Å². The molecular weight excluding hydrogens is 378 g/mol. The van der Waals surface area contributed by atoms with E-state index in [4.69, 9.17) is 21.4 Å². The summed E-state index contributed by atoms with van der Waals surface area (Å²) in [4.78, 5) is 20.9. The minimum atomic E-state index is -0.171. The fourth-order valence-corrected chi connectivity index (χ4v) is 3.31. The normalized spacial score (nSPS) is 14.0. The number of piperazine rings is 1. The molecule has 0 radical (unpaired) electrons. The van der Waals surface area contributed by atoms with Crippen molar-refractivity contribution >= 4 is 23.3 Å². The molecule has 1 fully saturated rings. The van der Waals surface area contributed by atoms with Crippen LogP contribution in [0.25, 0.3) is 11.3 Å². The van der Waals surface area contributed by atoms with Crippen molar-refractivity contribution in [2.45, 2.75) is 0 Å². The maximum Gasteiger partial charge on any atom is 0.276 e. The number of nitriles is 1. The van der Waals surface area contributed by atoms with Gasteiger partial charge in [0.15, 0.2) is 11.5 Å². The summed E-state index contributed by atoms with van der Waals surface area (Å²) in [5.74, 6) is 1.08. The Morgan fingerprint density at radius 2 is 1.96 bits per heavy atom. The van der Waals surface area contributed by atoms with Crippen molar-refractivity contribution in [3.05, 3.63) is 64.9 Å². The monoisotopic (exact) mass is 393 g/mol. The molecule has 8 heteroatoms. The number of anilines is 1. The van der Waals surface area contributed by atoms with E-state index in [1.54, 1.807) is 41.4 Å². The first kappa shape index (κ1) is 18.0. The predicted octanol–water partition coefficient (Wildman–Crippen LogP) is 3.22. The van der Waals surface area contributed by atoms with Crippen molar-refractivity contribution in [3.63, 3.8) is 0 Å². The number of amides is 1. The Labute approximate surface area is 166 Å². The van der Waals surface area contributed by atoms with Crippen LogP contribution in [-0.4, -0.2) is 47.1 Å². The second-order valence-electron chi connectivity index (χ2n) is 6.38. The number of hydrogen-bond acceptors (Lipinski definition) is 6. The molecule has 2 aromatic heterocycles. The molecule has 0 unspecified atom stereocenters. The topological polar surface area (TPSA) is 86.3 Å². The number of benzene rings is 1. The van der Waals surface area contributed by atoms with Gasteiger partial charge >= 0.3 is 0 Å². The summed E-state index contributed by atoms with van der Waals surface area (Å²) >= 11 is 6.00. The number of pyridine rings is 1. The van der Waals surface area contributed by atoms with Gasteiger partial charge < -0.3 is 14.3 Å². The highest BCUT2D eigenvalue weighted by molar-refractivity contribution is 6.30. The van der Waals surface area contributed by atoms with Crippen LogP contribution in [0, 0.1) is 11.3 Å². The number of halogens is 1. The summed E-state index contributed by atoms with van der Waals surface area (Å²) < 4.78 is 5.33. The minimum absolute atomic E-state index is 0.171. The van der Waals surface area contributed by atoms with Crippen LogP contribution in [0.5, 0.6) is 0 Å². The van der Waals surface area contributed by atoms with Gasteiger partial charge in [-0.05, 0) is 24.3 Å². The van der Waals surface area contributed by atoms with E-state index in [0.29, 0.717) is 42.5 Å². The molecule has 4 rings (SSSR count). The number of hydrogen-bond donors (Lipinski definition) is 0. The molecule has 1 saturated heterocycles. The largest absolute Gasteiger partial charge is 0.355 e. The maximum atomic E-state index is 12.8. The first-order chi connectivity index (χ1) is 13.6. The third-order valence-electron chi connectivity index (χ3n) is 4.60. The molecular formula is C20H16ClN5O2. The van der Waals surface area contributed by atoms with Crippen LogP contribution in [0.15, 0.2) is 53.2 Å². The Hall–Kier alpha value is -3.37. The second kappa shape index (κ2) is 7.71. The molecule has 0 saturated carbocycles. The molecule has 0 atom stereocenters. The first-order valence-electron chi connectivity index (χ1n) is 8.77. The van der Waals surface area contributed by atoms with Crippen molar-refractivity contribution in [1.29, 1.82) is 5.26 Å². The number of carbonyl (C=O) groups excluding carboxylic acids is 1. The molecule has 0 spiro atoms. The van der Waals surface area contributed by atoms with Crippen molar-refractivity contribution in [3.8, 4) is 17.4 Å². The van der Waals surface area contributed by atoms with E-state index in [2.05, 4.69) is 21.1 Å². The molecule has 3 heterocycles. The summed E-state index contributed by atoms with van der Waals surface area (Å²) in [5, 5.41) is 13.5. The van der Waals surface area contributed by atoms with E-state index in [-0.39, 0.29) is 11.6 Å². The molecule has 28 heavy (non-hydrogen) atoms. The average molecular weight is 394 g/mol. The molecule has 1 aromatic carbocycles. The van der Waals surface area contributed by atoms with Gasteiger partial charge in [-0.2, -0.15) is 5.26 Å². The van der Waals surface area contributed by atoms with E-state index in [1.807, 2.05) is 12.1 Å². The summed E-state index contributed by atoms with van der Waals surface area (Å²) in [6.07, 6.45) is 1.62. The quantitative estimate of drug-likeness (QED) is 0.679. The molecule has 0 N–H and O–H groups in total. The van der Waals surface area contributed by atoms with Gasteiger partial charge in [0.2, 0.25) is 0 Å². The van der Waals surface area contributed by atoms with E-state index in [1.165, 1.54) is 0 Å². The van der Waals surface area contributed by atoms with E-state index >= 15 is 0 Å². The number of carbonyl (C=O) groups is 1. The standard InChI is InChI=1S/C20H16ClN5O2/c21-16-3-1-2-15(11-16)18-12-17(24-28-18)20(27)26-8-6-25(7-9-26)19-10-14(13-22)4-5-23-19/h1-5,10-12H,6-9H2. The second-order valence-corrected chi connectivity index (χ2v) is 6.82. The zero-order chi connectivity index (χ0) is 19.5. The zero-order valence-corrected chi connectivity index (χ0v) is 15.6. The number of nitrogens with zero attached hydrogens (tertiary/aromatic N) is 5. The lowest BCUT2D eigenvalue weighted by atomic mass is 10.1. The van der Waals surface area contributed by atoms with Crippen molar-refractivity contribution in [1.82, 2.24) is 15.0 Å². The molecule has 7 nitrogen and oxygen atoms in total. The van der Waals surface area contributed by atoms with Gasteiger partial charge in [0.1, 0.15) is 5.82 Å². The lowest BCUT2D eigenvalue weighted by molar-refractivity contribution is 0.0736. The zero-order valence-electron chi connectivity index (χ0n) is 14.9. The van der Waals surface area contributed by atoms with Crippen LogP contribution in [0.4, 0.5) is 5.82 Å². The Morgan fingerprint density at radius 3 is 2.71 bits per heavy atom.